The van der Waals surface area contributed by atoms with E-state index in [4.69, 9.17) is 0 Å². The van der Waals surface area contributed by atoms with Crippen LogP contribution in [0.4, 0.5) is 10.1 Å². The van der Waals surface area contributed by atoms with Crippen molar-refractivity contribution in [3.63, 3.8) is 0 Å². The molecule has 0 saturated heterocycles. The molecule has 0 aliphatic rings. The molecule has 1 N–H and O–H groups in total. The van der Waals surface area contributed by atoms with Gasteiger partial charge in [0.25, 0.3) is 0 Å². The summed E-state index contributed by atoms with van der Waals surface area (Å²) in [7, 11) is 0. The molecule has 3 rings (SSSR count). The highest BCUT2D eigenvalue weighted by molar-refractivity contribution is 6.01. The molecule has 0 fully saturated rings. The van der Waals surface area contributed by atoms with Crippen molar-refractivity contribution in [3.8, 4) is 0 Å². The quantitative estimate of drug-likeness (QED) is 0.767. The van der Waals surface area contributed by atoms with E-state index in [1.807, 2.05) is 24.3 Å². The molecule has 1 aromatic heterocycles. The molecule has 0 atom stereocenters. The molecule has 0 unspecified atom stereocenters. The Morgan fingerprint density at radius 3 is 2.54 bits per heavy atom. The molecule has 0 saturated carbocycles. The highest BCUT2D eigenvalue weighted by Crippen LogP contribution is 2.20. The lowest BCUT2D eigenvalue weighted by Gasteiger charge is -2.21. The maximum Gasteiger partial charge on any atom is 0.244 e. The zero-order chi connectivity index (χ0) is 18.5. The maximum atomic E-state index is 13.0. The van der Waals surface area contributed by atoms with Crippen LogP contribution < -0.4 is 5.32 Å². The van der Waals surface area contributed by atoms with E-state index in [1.54, 1.807) is 24.4 Å². The van der Waals surface area contributed by atoms with E-state index < -0.39 is 0 Å². The molecule has 0 bridgehead atoms. The van der Waals surface area contributed by atoms with Crippen molar-refractivity contribution in [2.75, 3.05) is 11.9 Å². The number of carbonyl (C=O) groups excluding carboxylic acids is 2. The zero-order valence-electron chi connectivity index (χ0n) is 14.3. The summed E-state index contributed by atoms with van der Waals surface area (Å²) in [6.07, 6.45) is 1.66. The second-order valence-electron chi connectivity index (χ2n) is 5.93. The van der Waals surface area contributed by atoms with E-state index in [2.05, 4.69) is 10.3 Å². The standard InChI is InChI=1S/C20H18FN3O2/c1-14(25)24(12-15-7-9-17(21)10-8-15)13-19(26)23-18-6-2-4-16-5-3-11-22-20(16)18/h2-11H,12-13H2,1H3,(H,23,26). The number of rotatable bonds is 5. The van der Waals surface area contributed by atoms with Gasteiger partial charge in [0.1, 0.15) is 12.4 Å². The number of benzene rings is 2. The number of nitrogens with zero attached hydrogens (tertiary/aromatic N) is 2. The number of nitrogens with one attached hydrogen (secondary N) is 1. The third kappa shape index (κ3) is 4.22. The number of fused-ring (bicyclic) bond motifs is 1. The number of pyridine rings is 1. The maximum absolute atomic E-state index is 13.0. The molecule has 2 amide bonds. The number of hydrogen-bond donors (Lipinski definition) is 1. The molecule has 1 heterocycles. The first-order chi connectivity index (χ1) is 12.5. The first-order valence-electron chi connectivity index (χ1n) is 8.16. The third-order valence-electron chi connectivity index (χ3n) is 3.97. The summed E-state index contributed by atoms with van der Waals surface area (Å²) in [5.41, 5.74) is 2.04. The van der Waals surface area contributed by atoms with Crippen LogP contribution in [-0.4, -0.2) is 28.2 Å². The summed E-state index contributed by atoms with van der Waals surface area (Å²) in [4.78, 5) is 30.0. The molecule has 132 valence electrons. The van der Waals surface area contributed by atoms with Crippen molar-refractivity contribution in [1.82, 2.24) is 9.88 Å². The third-order valence-corrected chi connectivity index (χ3v) is 3.97. The van der Waals surface area contributed by atoms with Crippen LogP contribution in [-0.2, 0) is 16.1 Å². The number of hydrogen-bond acceptors (Lipinski definition) is 3. The highest BCUT2D eigenvalue weighted by Gasteiger charge is 2.15. The normalized spacial score (nSPS) is 10.5. The van der Waals surface area contributed by atoms with E-state index in [0.29, 0.717) is 11.2 Å². The van der Waals surface area contributed by atoms with E-state index in [9.17, 15) is 14.0 Å². The number of amides is 2. The Bertz CT molecular complexity index is 936. The number of aromatic nitrogens is 1. The van der Waals surface area contributed by atoms with Crippen LogP contribution in [0.2, 0.25) is 0 Å². The van der Waals surface area contributed by atoms with Gasteiger partial charge in [-0.05, 0) is 29.8 Å². The Labute approximate surface area is 150 Å². The molecular formula is C20H18FN3O2. The first-order valence-corrected chi connectivity index (χ1v) is 8.16. The monoisotopic (exact) mass is 351 g/mol. The fourth-order valence-corrected chi connectivity index (χ4v) is 2.66. The lowest BCUT2D eigenvalue weighted by Crippen LogP contribution is -2.36. The van der Waals surface area contributed by atoms with Crippen LogP contribution in [0.15, 0.2) is 60.8 Å². The summed E-state index contributed by atoms with van der Waals surface area (Å²) in [5, 5.41) is 3.73. The molecule has 5 nitrogen and oxygen atoms in total. The molecule has 6 heteroatoms. The molecule has 0 aliphatic carbocycles. The van der Waals surface area contributed by atoms with Crippen LogP contribution in [0.25, 0.3) is 10.9 Å². The minimum atomic E-state index is -0.343. The Hall–Kier alpha value is -3.28. The average molecular weight is 351 g/mol. The Morgan fingerprint density at radius 2 is 1.81 bits per heavy atom. The first kappa shape index (κ1) is 17.5. The molecule has 0 radical (unpaired) electrons. The van der Waals surface area contributed by atoms with Crippen molar-refractivity contribution < 1.29 is 14.0 Å². The molecule has 2 aromatic carbocycles. The van der Waals surface area contributed by atoms with E-state index in [0.717, 1.165) is 10.9 Å². The van der Waals surface area contributed by atoms with Gasteiger partial charge in [0, 0.05) is 25.1 Å². The van der Waals surface area contributed by atoms with Crippen molar-refractivity contribution in [1.29, 1.82) is 0 Å². The van der Waals surface area contributed by atoms with Gasteiger partial charge in [0.15, 0.2) is 0 Å². The van der Waals surface area contributed by atoms with Gasteiger partial charge in [-0.2, -0.15) is 0 Å². The molecular weight excluding hydrogens is 333 g/mol. The van der Waals surface area contributed by atoms with Crippen LogP contribution in [0.5, 0.6) is 0 Å². The summed E-state index contributed by atoms with van der Waals surface area (Å²) >= 11 is 0. The molecule has 26 heavy (non-hydrogen) atoms. The second-order valence-corrected chi connectivity index (χ2v) is 5.93. The van der Waals surface area contributed by atoms with Crippen molar-refractivity contribution >= 4 is 28.4 Å². The smallest absolute Gasteiger partial charge is 0.244 e. The Morgan fingerprint density at radius 1 is 1.08 bits per heavy atom. The van der Waals surface area contributed by atoms with Gasteiger partial charge < -0.3 is 10.2 Å². The predicted molar refractivity (Wildman–Crippen MR) is 97.9 cm³/mol. The number of carbonyl (C=O) groups is 2. The van der Waals surface area contributed by atoms with Crippen LogP contribution >= 0.6 is 0 Å². The van der Waals surface area contributed by atoms with Crippen molar-refractivity contribution in [2.24, 2.45) is 0 Å². The van der Waals surface area contributed by atoms with Gasteiger partial charge >= 0.3 is 0 Å². The fourth-order valence-electron chi connectivity index (χ4n) is 2.66. The van der Waals surface area contributed by atoms with Gasteiger partial charge in [-0.25, -0.2) is 4.39 Å². The summed E-state index contributed by atoms with van der Waals surface area (Å²) in [5.74, 6) is -0.898. The average Bonchev–Trinajstić information content (AvgIpc) is 2.63. The zero-order valence-corrected chi connectivity index (χ0v) is 14.3. The minimum Gasteiger partial charge on any atom is -0.329 e. The van der Waals surface area contributed by atoms with Gasteiger partial charge in [-0.3, -0.25) is 14.6 Å². The van der Waals surface area contributed by atoms with Crippen molar-refractivity contribution in [3.05, 3.63) is 72.2 Å². The Kier molecular flexibility index (Phi) is 5.22. The van der Waals surface area contributed by atoms with E-state index in [1.165, 1.54) is 24.0 Å². The van der Waals surface area contributed by atoms with Crippen LogP contribution in [0.3, 0.4) is 0 Å². The molecule has 3 aromatic rings. The SMILES string of the molecule is CC(=O)N(CC(=O)Nc1cccc2cccnc12)Cc1ccc(F)cc1. The molecule has 0 spiro atoms. The van der Waals surface area contributed by atoms with E-state index in [-0.39, 0.29) is 30.7 Å². The predicted octanol–water partition coefficient (Wildman–Crippen LogP) is 3.36. The largest absolute Gasteiger partial charge is 0.329 e. The topological polar surface area (TPSA) is 62.3 Å². The van der Waals surface area contributed by atoms with E-state index >= 15 is 0 Å². The number of anilines is 1. The lowest BCUT2D eigenvalue weighted by molar-refractivity contribution is -0.133. The highest BCUT2D eigenvalue weighted by atomic mass is 19.1. The fraction of sp³-hybridized carbons (Fsp3) is 0.150. The number of para-hydroxylation sites is 1. The number of halogens is 1. The molecule has 0 aliphatic heterocycles. The lowest BCUT2D eigenvalue weighted by atomic mass is 10.2. The van der Waals surface area contributed by atoms with Gasteiger partial charge in [-0.1, -0.05) is 30.3 Å². The van der Waals surface area contributed by atoms with Crippen LogP contribution in [0.1, 0.15) is 12.5 Å². The van der Waals surface area contributed by atoms with Gasteiger partial charge in [-0.15, -0.1) is 0 Å². The van der Waals surface area contributed by atoms with Gasteiger partial charge in [0.2, 0.25) is 11.8 Å². The summed E-state index contributed by atoms with van der Waals surface area (Å²) in [6, 6.07) is 15.1. The van der Waals surface area contributed by atoms with Crippen LogP contribution in [0, 0.1) is 5.82 Å². The van der Waals surface area contributed by atoms with Gasteiger partial charge in [0.05, 0.1) is 11.2 Å². The summed E-state index contributed by atoms with van der Waals surface area (Å²) in [6.45, 7) is 1.53. The second kappa shape index (κ2) is 7.74. The Balaban J connectivity index is 1.71. The summed E-state index contributed by atoms with van der Waals surface area (Å²) < 4.78 is 13.0. The minimum absolute atomic E-state index is 0.101. The van der Waals surface area contributed by atoms with Crippen molar-refractivity contribution in [2.45, 2.75) is 13.5 Å².